The lowest BCUT2D eigenvalue weighted by Gasteiger charge is -2.07. The molecule has 0 aliphatic heterocycles. The number of anilines is 1. The van der Waals surface area contributed by atoms with Crippen LogP contribution in [-0.4, -0.2) is 25.1 Å². The van der Waals surface area contributed by atoms with Crippen LogP contribution in [0.3, 0.4) is 0 Å². The van der Waals surface area contributed by atoms with Crippen LogP contribution >= 0.6 is 0 Å². The molecule has 0 spiro atoms. The summed E-state index contributed by atoms with van der Waals surface area (Å²) in [4.78, 5) is 24.1. The Hall–Kier alpha value is -3.08. The van der Waals surface area contributed by atoms with E-state index in [-0.39, 0.29) is 11.9 Å². The Bertz CT molecular complexity index is 797. The number of esters is 1. The van der Waals surface area contributed by atoms with Gasteiger partial charge in [-0.15, -0.1) is 0 Å². The van der Waals surface area contributed by atoms with Crippen LogP contribution < -0.4 is 10.1 Å². The number of carbonyl (C=O) groups is 2. The van der Waals surface area contributed by atoms with E-state index in [1.807, 2.05) is 31.2 Å². The first kappa shape index (κ1) is 21.2. The molecule has 2 rings (SSSR count). The van der Waals surface area contributed by atoms with Crippen molar-refractivity contribution in [3.05, 3.63) is 65.7 Å². The van der Waals surface area contributed by atoms with Crippen molar-refractivity contribution in [3.8, 4) is 5.75 Å². The first-order valence-electron chi connectivity index (χ1n) is 9.61. The van der Waals surface area contributed by atoms with E-state index in [9.17, 15) is 9.59 Å². The zero-order valence-electron chi connectivity index (χ0n) is 16.4. The maximum absolute atomic E-state index is 12.1. The molecule has 0 unspecified atom stereocenters. The summed E-state index contributed by atoms with van der Waals surface area (Å²) in [5, 5.41) is 2.76. The van der Waals surface area contributed by atoms with E-state index in [0.29, 0.717) is 24.5 Å². The smallest absolute Gasteiger partial charge is 0.338 e. The molecule has 1 N–H and O–H groups in total. The van der Waals surface area contributed by atoms with Crippen LogP contribution in [0.4, 0.5) is 5.69 Å². The second-order valence-electron chi connectivity index (χ2n) is 6.31. The van der Waals surface area contributed by atoms with Gasteiger partial charge in [0.15, 0.2) is 0 Å². The lowest BCUT2D eigenvalue weighted by molar-refractivity contribution is -0.111. The van der Waals surface area contributed by atoms with Crippen LogP contribution in [0.25, 0.3) is 6.08 Å². The highest BCUT2D eigenvalue weighted by Gasteiger charge is 2.08. The molecule has 0 bridgehead atoms. The van der Waals surface area contributed by atoms with E-state index in [1.165, 1.54) is 6.08 Å². The molecule has 0 atom stereocenters. The fourth-order valence-corrected chi connectivity index (χ4v) is 2.37. The van der Waals surface area contributed by atoms with Gasteiger partial charge in [0.25, 0.3) is 0 Å². The number of ether oxygens (including phenoxy) is 2. The molecule has 0 saturated heterocycles. The van der Waals surface area contributed by atoms with E-state index in [4.69, 9.17) is 9.47 Å². The van der Waals surface area contributed by atoms with Crippen LogP contribution in [0, 0.1) is 0 Å². The molecule has 2 aromatic rings. The molecule has 5 nitrogen and oxygen atoms in total. The van der Waals surface area contributed by atoms with Gasteiger partial charge in [-0.1, -0.05) is 38.5 Å². The Morgan fingerprint density at radius 3 is 2.50 bits per heavy atom. The molecule has 0 saturated carbocycles. The third kappa shape index (κ3) is 7.27. The number of hydrogen-bond acceptors (Lipinski definition) is 4. The molecule has 28 heavy (non-hydrogen) atoms. The number of amides is 1. The molecule has 148 valence electrons. The minimum absolute atomic E-state index is 0.275. The summed E-state index contributed by atoms with van der Waals surface area (Å²) in [6.45, 7) is 5.17. The second-order valence-corrected chi connectivity index (χ2v) is 6.31. The van der Waals surface area contributed by atoms with E-state index < -0.39 is 0 Å². The number of nitrogens with one attached hydrogen (secondary N) is 1. The average Bonchev–Trinajstić information content (AvgIpc) is 2.72. The van der Waals surface area contributed by atoms with Gasteiger partial charge in [-0.05, 0) is 54.8 Å². The molecule has 0 aliphatic rings. The zero-order chi connectivity index (χ0) is 20.2. The molecule has 0 fully saturated rings. The van der Waals surface area contributed by atoms with Crippen molar-refractivity contribution < 1.29 is 19.1 Å². The number of rotatable bonds is 10. The van der Waals surface area contributed by atoms with Crippen molar-refractivity contribution in [2.24, 2.45) is 0 Å². The Balaban J connectivity index is 1.91. The number of hydrogen-bond donors (Lipinski definition) is 1. The molecule has 2 aromatic carbocycles. The summed E-state index contributed by atoms with van der Waals surface area (Å²) in [5.74, 6) is 0.152. The van der Waals surface area contributed by atoms with Gasteiger partial charge in [-0.3, -0.25) is 4.79 Å². The second kappa shape index (κ2) is 11.6. The molecule has 0 heterocycles. The minimum atomic E-state index is -0.384. The summed E-state index contributed by atoms with van der Waals surface area (Å²) >= 11 is 0. The van der Waals surface area contributed by atoms with Crippen molar-refractivity contribution in [2.45, 2.75) is 33.1 Å². The van der Waals surface area contributed by atoms with Crippen molar-refractivity contribution in [1.29, 1.82) is 0 Å². The number of unbranched alkanes of at least 4 members (excludes halogenated alkanes) is 1. The highest BCUT2D eigenvalue weighted by Crippen LogP contribution is 2.15. The van der Waals surface area contributed by atoms with Crippen molar-refractivity contribution in [1.82, 2.24) is 0 Å². The third-order valence-electron chi connectivity index (χ3n) is 3.88. The fourth-order valence-electron chi connectivity index (χ4n) is 2.37. The van der Waals surface area contributed by atoms with E-state index in [0.717, 1.165) is 30.6 Å². The van der Waals surface area contributed by atoms with Gasteiger partial charge >= 0.3 is 5.97 Å². The SMILES string of the molecule is CCCCOC(=O)c1cccc(NC(=O)/C=C/c2ccc(OCCC)cc2)c1. The van der Waals surface area contributed by atoms with Crippen LogP contribution in [0.15, 0.2) is 54.6 Å². The number of carbonyl (C=O) groups excluding carboxylic acids is 2. The molecule has 0 aliphatic carbocycles. The summed E-state index contributed by atoms with van der Waals surface area (Å²) in [6.07, 6.45) is 5.93. The van der Waals surface area contributed by atoms with Gasteiger partial charge in [-0.2, -0.15) is 0 Å². The van der Waals surface area contributed by atoms with Crippen LogP contribution in [0.1, 0.15) is 49.0 Å². The van der Waals surface area contributed by atoms with E-state index >= 15 is 0 Å². The molecule has 5 heteroatoms. The molecular formula is C23H27NO4. The molecule has 0 radical (unpaired) electrons. The van der Waals surface area contributed by atoms with Gasteiger partial charge in [-0.25, -0.2) is 4.79 Å². The molecule has 0 aromatic heterocycles. The Kier molecular flexibility index (Phi) is 8.79. The van der Waals surface area contributed by atoms with Crippen molar-refractivity contribution in [2.75, 3.05) is 18.5 Å². The zero-order valence-corrected chi connectivity index (χ0v) is 16.4. The summed E-state index contributed by atoms with van der Waals surface area (Å²) in [6, 6.07) is 14.3. The number of benzene rings is 2. The quantitative estimate of drug-likeness (QED) is 0.354. The maximum Gasteiger partial charge on any atom is 0.338 e. The van der Waals surface area contributed by atoms with Crippen molar-refractivity contribution >= 4 is 23.6 Å². The van der Waals surface area contributed by atoms with Gasteiger partial charge in [0.05, 0.1) is 18.8 Å². The van der Waals surface area contributed by atoms with E-state index in [2.05, 4.69) is 12.2 Å². The van der Waals surface area contributed by atoms with Gasteiger partial charge in [0, 0.05) is 11.8 Å². The van der Waals surface area contributed by atoms with Crippen LogP contribution in [-0.2, 0) is 9.53 Å². The van der Waals surface area contributed by atoms with Gasteiger partial charge in [0.2, 0.25) is 5.91 Å². The first-order valence-corrected chi connectivity index (χ1v) is 9.61. The Labute approximate surface area is 166 Å². The fraction of sp³-hybridized carbons (Fsp3) is 0.304. The highest BCUT2D eigenvalue weighted by atomic mass is 16.5. The van der Waals surface area contributed by atoms with Crippen LogP contribution in [0.2, 0.25) is 0 Å². The van der Waals surface area contributed by atoms with Gasteiger partial charge < -0.3 is 14.8 Å². The van der Waals surface area contributed by atoms with Crippen LogP contribution in [0.5, 0.6) is 5.75 Å². The minimum Gasteiger partial charge on any atom is -0.494 e. The maximum atomic E-state index is 12.1. The third-order valence-corrected chi connectivity index (χ3v) is 3.88. The average molecular weight is 381 g/mol. The van der Waals surface area contributed by atoms with E-state index in [1.54, 1.807) is 30.3 Å². The summed E-state index contributed by atoms with van der Waals surface area (Å²) in [5.41, 5.74) is 1.86. The lowest BCUT2D eigenvalue weighted by atomic mass is 10.2. The standard InChI is InChI=1S/C23H27NO4/c1-3-5-16-28-23(26)19-7-6-8-20(17-19)24-22(25)14-11-18-9-12-21(13-10-18)27-15-4-2/h6-14,17H,3-5,15-16H2,1-2H3,(H,24,25)/b14-11+. The normalized spacial score (nSPS) is 10.6. The predicted molar refractivity (Wildman–Crippen MR) is 112 cm³/mol. The molecule has 1 amide bonds. The molecular weight excluding hydrogens is 354 g/mol. The van der Waals surface area contributed by atoms with Gasteiger partial charge in [0.1, 0.15) is 5.75 Å². The first-order chi connectivity index (χ1) is 13.6. The largest absolute Gasteiger partial charge is 0.494 e. The Morgan fingerprint density at radius 2 is 1.79 bits per heavy atom. The summed E-state index contributed by atoms with van der Waals surface area (Å²) < 4.78 is 10.7. The topological polar surface area (TPSA) is 64.6 Å². The Morgan fingerprint density at radius 1 is 1.00 bits per heavy atom. The van der Waals surface area contributed by atoms with Crippen molar-refractivity contribution in [3.63, 3.8) is 0 Å². The monoisotopic (exact) mass is 381 g/mol. The highest BCUT2D eigenvalue weighted by molar-refractivity contribution is 6.02. The summed E-state index contributed by atoms with van der Waals surface area (Å²) in [7, 11) is 0. The predicted octanol–water partition coefficient (Wildman–Crippen LogP) is 5.08. The lowest BCUT2D eigenvalue weighted by Crippen LogP contribution is -2.10.